The SMILES string of the molecule is CCCc1ccc2c(c1)C=Cc1ccc(CC)cc1C2OCCOc1ccc(CC(OCC)C(=O)O)cc1. The summed E-state index contributed by atoms with van der Waals surface area (Å²) in [7, 11) is 0. The zero-order valence-electron chi connectivity index (χ0n) is 22.6. The maximum absolute atomic E-state index is 11.4. The van der Waals surface area contributed by atoms with Crippen LogP contribution in [0.1, 0.15) is 72.2 Å². The number of benzene rings is 3. The molecule has 5 heteroatoms. The van der Waals surface area contributed by atoms with Gasteiger partial charge in [0.25, 0.3) is 0 Å². The lowest BCUT2D eigenvalue weighted by Crippen LogP contribution is -2.26. The van der Waals surface area contributed by atoms with Crippen molar-refractivity contribution in [3.05, 3.63) is 99.6 Å². The van der Waals surface area contributed by atoms with Crippen molar-refractivity contribution in [2.75, 3.05) is 19.8 Å². The third-order valence-corrected chi connectivity index (χ3v) is 6.88. The molecule has 2 unspecified atom stereocenters. The van der Waals surface area contributed by atoms with E-state index in [-0.39, 0.29) is 6.10 Å². The molecular formula is C33H38O5. The lowest BCUT2D eigenvalue weighted by Gasteiger charge is -2.22. The summed E-state index contributed by atoms with van der Waals surface area (Å²) in [5.41, 5.74) is 8.29. The molecule has 1 N–H and O–H groups in total. The highest BCUT2D eigenvalue weighted by Crippen LogP contribution is 2.36. The van der Waals surface area contributed by atoms with Crippen LogP contribution < -0.4 is 4.74 Å². The minimum atomic E-state index is -0.950. The highest BCUT2D eigenvalue weighted by Gasteiger charge is 2.23. The van der Waals surface area contributed by atoms with E-state index in [1.165, 1.54) is 33.4 Å². The fourth-order valence-corrected chi connectivity index (χ4v) is 4.88. The summed E-state index contributed by atoms with van der Waals surface area (Å²) in [6.45, 7) is 7.38. The van der Waals surface area contributed by atoms with Gasteiger partial charge in [-0.1, -0.05) is 81.0 Å². The molecule has 4 rings (SSSR count). The number of aliphatic carboxylic acids is 1. The van der Waals surface area contributed by atoms with Gasteiger partial charge in [0.15, 0.2) is 6.10 Å². The molecule has 0 amide bonds. The van der Waals surface area contributed by atoms with E-state index in [0.29, 0.717) is 26.2 Å². The monoisotopic (exact) mass is 514 g/mol. The van der Waals surface area contributed by atoms with Gasteiger partial charge < -0.3 is 19.3 Å². The molecule has 38 heavy (non-hydrogen) atoms. The Balaban J connectivity index is 1.44. The van der Waals surface area contributed by atoms with Crippen LogP contribution in [0, 0.1) is 0 Å². The maximum atomic E-state index is 11.4. The number of ether oxygens (including phenoxy) is 3. The van der Waals surface area contributed by atoms with E-state index in [0.717, 1.165) is 30.6 Å². The number of carboxylic acids is 1. The second-order valence-corrected chi connectivity index (χ2v) is 9.59. The second kappa shape index (κ2) is 13.4. The number of rotatable bonds is 13. The van der Waals surface area contributed by atoms with Gasteiger partial charge in [-0.25, -0.2) is 4.79 Å². The third kappa shape index (κ3) is 6.91. The molecule has 200 valence electrons. The van der Waals surface area contributed by atoms with E-state index >= 15 is 0 Å². The van der Waals surface area contributed by atoms with E-state index in [2.05, 4.69) is 62.4 Å². The summed E-state index contributed by atoms with van der Waals surface area (Å²) in [6, 6.07) is 20.9. The predicted octanol–water partition coefficient (Wildman–Crippen LogP) is 6.90. The number of carbonyl (C=O) groups is 1. The van der Waals surface area contributed by atoms with Crippen molar-refractivity contribution in [2.24, 2.45) is 0 Å². The van der Waals surface area contributed by atoms with Gasteiger partial charge in [0.05, 0.1) is 6.61 Å². The van der Waals surface area contributed by atoms with Crippen molar-refractivity contribution in [2.45, 2.75) is 58.7 Å². The molecule has 0 saturated carbocycles. The molecule has 0 heterocycles. The Labute approximate surface area is 226 Å². The second-order valence-electron chi connectivity index (χ2n) is 9.59. The number of fused-ring (bicyclic) bond motifs is 2. The first kappa shape index (κ1) is 27.6. The average molecular weight is 515 g/mol. The quantitative estimate of drug-likeness (QED) is 0.251. The molecule has 1 aliphatic rings. The smallest absolute Gasteiger partial charge is 0.333 e. The van der Waals surface area contributed by atoms with Crippen molar-refractivity contribution < 1.29 is 24.1 Å². The minimum Gasteiger partial charge on any atom is -0.491 e. The highest BCUT2D eigenvalue weighted by atomic mass is 16.5. The standard InChI is InChI=1S/C33H38O5/c1-4-7-24-11-17-29-27(20-24)14-13-26-12-8-23(5-2)21-30(26)32(29)38-19-18-37-28-15-9-25(10-16-28)22-31(33(34)35)36-6-3/h8-17,20-21,31-32H,4-7,18-19,22H2,1-3H3,(H,34,35). The first-order valence-corrected chi connectivity index (χ1v) is 13.6. The largest absolute Gasteiger partial charge is 0.491 e. The Bertz CT molecular complexity index is 1240. The van der Waals surface area contributed by atoms with Crippen LogP contribution in [0.25, 0.3) is 12.2 Å². The number of hydrogen-bond donors (Lipinski definition) is 1. The van der Waals surface area contributed by atoms with Gasteiger partial charge in [-0.3, -0.25) is 0 Å². The van der Waals surface area contributed by atoms with E-state index in [9.17, 15) is 9.90 Å². The molecule has 0 radical (unpaired) electrons. The maximum Gasteiger partial charge on any atom is 0.333 e. The van der Waals surface area contributed by atoms with Gasteiger partial charge in [0.1, 0.15) is 18.5 Å². The van der Waals surface area contributed by atoms with Gasteiger partial charge in [-0.2, -0.15) is 0 Å². The summed E-state index contributed by atoms with van der Waals surface area (Å²) >= 11 is 0. The zero-order chi connectivity index (χ0) is 26.9. The molecule has 1 aliphatic carbocycles. The van der Waals surface area contributed by atoms with Crippen LogP contribution in [0.3, 0.4) is 0 Å². The fraction of sp³-hybridized carbons (Fsp3) is 0.364. The Morgan fingerprint density at radius 2 is 1.58 bits per heavy atom. The van der Waals surface area contributed by atoms with Crippen molar-refractivity contribution in [3.63, 3.8) is 0 Å². The van der Waals surface area contributed by atoms with Gasteiger partial charge >= 0.3 is 5.97 Å². The van der Waals surface area contributed by atoms with Crippen LogP contribution in [-0.4, -0.2) is 37.0 Å². The predicted molar refractivity (Wildman–Crippen MR) is 152 cm³/mol. The molecule has 0 aliphatic heterocycles. The number of carboxylic acid groups (broad SMARTS) is 1. The molecule has 0 bridgehead atoms. The Hall–Kier alpha value is -3.41. The average Bonchev–Trinajstić information content (AvgIpc) is 3.08. The minimum absolute atomic E-state index is 0.172. The van der Waals surface area contributed by atoms with Crippen LogP contribution in [0.15, 0.2) is 60.7 Å². The third-order valence-electron chi connectivity index (χ3n) is 6.88. The van der Waals surface area contributed by atoms with Gasteiger partial charge in [-0.05, 0) is 70.8 Å². The van der Waals surface area contributed by atoms with Crippen molar-refractivity contribution in [1.82, 2.24) is 0 Å². The molecule has 0 spiro atoms. The molecule has 5 nitrogen and oxygen atoms in total. The van der Waals surface area contributed by atoms with Crippen molar-refractivity contribution >= 4 is 18.1 Å². The van der Waals surface area contributed by atoms with Gasteiger partial charge in [0.2, 0.25) is 0 Å². The van der Waals surface area contributed by atoms with Gasteiger partial charge in [0, 0.05) is 13.0 Å². The lowest BCUT2D eigenvalue weighted by atomic mass is 9.93. The van der Waals surface area contributed by atoms with Crippen LogP contribution in [0.2, 0.25) is 0 Å². The fourth-order valence-electron chi connectivity index (χ4n) is 4.88. The van der Waals surface area contributed by atoms with Gasteiger partial charge in [-0.15, -0.1) is 0 Å². The van der Waals surface area contributed by atoms with E-state index in [4.69, 9.17) is 14.2 Å². The normalized spacial score (nSPS) is 14.9. The summed E-state index contributed by atoms with van der Waals surface area (Å²) in [4.78, 5) is 11.4. The van der Waals surface area contributed by atoms with Crippen molar-refractivity contribution in [1.29, 1.82) is 0 Å². The highest BCUT2D eigenvalue weighted by molar-refractivity contribution is 5.76. The summed E-state index contributed by atoms with van der Waals surface area (Å²) < 4.78 is 17.8. The Morgan fingerprint density at radius 1 is 0.842 bits per heavy atom. The summed E-state index contributed by atoms with van der Waals surface area (Å²) in [6.07, 6.45) is 6.87. The molecular weight excluding hydrogens is 476 g/mol. The molecule has 0 saturated heterocycles. The summed E-state index contributed by atoms with van der Waals surface area (Å²) in [5, 5.41) is 9.31. The zero-order valence-corrected chi connectivity index (χ0v) is 22.6. The molecule has 3 aromatic carbocycles. The Morgan fingerprint density at radius 3 is 2.29 bits per heavy atom. The van der Waals surface area contributed by atoms with Crippen LogP contribution in [-0.2, 0) is 33.5 Å². The Kier molecular flexibility index (Phi) is 9.74. The first-order chi connectivity index (χ1) is 18.5. The van der Waals surface area contributed by atoms with E-state index < -0.39 is 12.1 Å². The van der Waals surface area contributed by atoms with Crippen LogP contribution in [0.4, 0.5) is 0 Å². The molecule has 0 fully saturated rings. The lowest BCUT2D eigenvalue weighted by molar-refractivity contribution is -0.149. The van der Waals surface area contributed by atoms with Crippen LogP contribution >= 0.6 is 0 Å². The number of aryl methyl sites for hydroxylation is 2. The van der Waals surface area contributed by atoms with Crippen molar-refractivity contribution in [3.8, 4) is 5.75 Å². The molecule has 0 aromatic heterocycles. The first-order valence-electron chi connectivity index (χ1n) is 13.6. The molecule has 2 atom stereocenters. The van der Waals surface area contributed by atoms with Crippen LogP contribution in [0.5, 0.6) is 5.75 Å². The summed E-state index contributed by atoms with van der Waals surface area (Å²) in [5.74, 6) is -0.227. The molecule has 3 aromatic rings. The topological polar surface area (TPSA) is 65.0 Å². The van der Waals surface area contributed by atoms with E-state index in [1.54, 1.807) is 6.92 Å². The number of hydrogen-bond acceptors (Lipinski definition) is 4. The van der Waals surface area contributed by atoms with E-state index in [1.807, 2.05) is 24.3 Å².